The van der Waals surface area contributed by atoms with E-state index >= 15 is 0 Å². The number of imidazole rings is 1. The van der Waals surface area contributed by atoms with Crippen molar-refractivity contribution in [2.75, 3.05) is 6.54 Å². The Morgan fingerprint density at radius 2 is 2.13 bits per heavy atom. The predicted octanol–water partition coefficient (Wildman–Crippen LogP) is 4.25. The van der Waals surface area contributed by atoms with Gasteiger partial charge in [0.25, 0.3) is 0 Å². The van der Waals surface area contributed by atoms with E-state index in [1.54, 1.807) is 12.3 Å². The molecule has 1 atom stereocenters. The summed E-state index contributed by atoms with van der Waals surface area (Å²) < 4.78 is 15.4. The molecule has 0 spiro atoms. The summed E-state index contributed by atoms with van der Waals surface area (Å²) in [5.74, 6) is 0.640. The molecule has 0 saturated carbocycles. The summed E-state index contributed by atoms with van der Waals surface area (Å²) in [5.41, 5.74) is 4.78. The lowest BCUT2D eigenvalue weighted by atomic mass is 10.00. The van der Waals surface area contributed by atoms with Crippen molar-refractivity contribution >= 4 is 5.91 Å². The number of hydrogen-bond acceptors (Lipinski definition) is 3. The minimum atomic E-state index is -0.279. The Balaban J connectivity index is 1.50. The minimum Gasteiger partial charge on any atom is -0.340 e. The Hall–Kier alpha value is -2.96. The molecule has 4 rings (SSSR count). The van der Waals surface area contributed by atoms with Crippen LogP contribution < -0.4 is 0 Å². The number of nitrogens with one attached hydrogen (secondary N) is 1. The van der Waals surface area contributed by atoms with E-state index < -0.39 is 0 Å². The summed E-state index contributed by atoms with van der Waals surface area (Å²) in [4.78, 5) is 22.9. The van der Waals surface area contributed by atoms with E-state index in [1.807, 2.05) is 36.5 Å². The molecule has 0 radical (unpaired) electrons. The Labute approximate surface area is 176 Å². The van der Waals surface area contributed by atoms with E-state index in [4.69, 9.17) is 0 Å². The van der Waals surface area contributed by atoms with Gasteiger partial charge >= 0.3 is 0 Å². The number of carbonyl (C=O) groups is 1. The molecule has 7 heteroatoms. The molecule has 3 heterocycles. The van der Waals surface area contributed by atoms with Gasteiger partial charge in [0.15, 0.2) is 0 Å². The average Bonchev–Trinajstić information content (AvgIpc) is 3.32. The molecule has 3 aromatic rings. The van der Waals surface area contributed by atoms with Crippen LogP contribution in [-0.2, 0) is 18.3 Å². The highest BCUT2D eigenvalue weighted by atomic mass is 19.1. The lowest BCUT2D eigenvalue weighted by molar-refractivity contribution is -0.135. The monoisotopic (exact) mass is 409 g/mol. The quantitative estimate of drug-likeness (QED) is 0.685. The number of rotatable bonds is 5. The Morgan fingerprint density at radius 1 is 1.30 bits per heavy atom. The van der Waals surface area contributed by atoms with Crippen molar-refractivity contribution in [2.24, 2.45) is 7.05 Å². The van der Waals surface area contributed by atoms with E-state index in [0.29, 0.717) is 12.8 Å². The molecule has 1 aliphatic heterocycles. The maximum absolute atomic E-state index is 13.6. The summed E-state index contributed by atoms with van der Waals surface area (Å²) in [5, 5.41) is 4.45. The van der Waals surface area contributed by atoms with E-state index in [1.165, 1.54) is 12.1 Å². The predicted molar refractivity (Wildman–Crippen MR) is 113 cm³/mol. The van der Waals surface area contributed by atoms with Gasteiger partial charge < -0.3 is 9.88 Å². The maximum atomic E-state index is 13.6. The van der Waals surface area contributed by atoms with Crippen molar-refractivity contribution in [1.82, 2.24) is 24.6 Å². The van der Waals surface area contributed by atoms with Gasteiger partial charge in [-0.25, -0.2) is 9.37 Å². The summed E-state index contributed by atoms with van der Waals surface area (Å²) >= 11 is 0. The lowest BCUT2D eigenvalue weighted by Crippen LogP contribution is -2.39. The highest BCUT2D eigenvalue weighted by molar-refractivity contribution is 5.77. The van der Waals surface area contributed by atoms with Crippen LogP contribution in [-0.4, -0.2) is 37.1 Å². The second-order valence-corrected chi connectivity index (χ2v) is 8.06. The Kier molecular flexibility index (Phi) is 5.70. The van der Waals surface area contributed by atoms with Crippen molar-refractivity contribution in [2.45, 2.75) is 52.0 Å². The van der Waals surface area contributed by atoms with Gasteiger partial charge in [0.2, 0.25) is 5.91 Å². The molecule has 30 heavy (non-hydrogen) atoms. The largest absolute Gasteiger partial charge is 0.340 e. The van der Waals surface area contributed by atoms with Crippen LogP contribution in [0.3, 0.4) is 0 Å². The van der Waals surface area contributed by atoms with Crippen LogP contribution in [0.25, 0.3) is 11.3 Å². The number of halogens is 1. The second-order valence-electron chi connectivity index (χ2n) is 8.06. The number of carbonyl (C=O) groups excluding carboxylic acids is 1. The molecular weight excluding hydrogens is 381 g/mol. The van der Waals surface area contributed by atoms with E-state index in [0.717, 1.165) is 59.8 Å². The van der Waals surface area contributed by atoms with Crippen molar-refractivity contribution in [3.63, 3.8) is 0 Å². The van der Waals surface area contributed by atoms with Crippen LogP contribution in [0.1, 0.15) is 54.5 Å². The Morgan fingerprint density at radius 3 is 2.87 bits per heavy atom. The molecule has 1 aliphatic rings. The summed E-state index contributed by atoms with van der Waals surface area (Å²) in [6.45, 7) is 4.78. The number of aromatic nitrogens is 4. The number of aryl methyl sites for hydroxylation is 2. The smallest absolute Gasteiger partial charge is 0.223 e. The molecule has 158 valence electrons. The normalized spacial score (nSPS) is 16.8. The molecule has 1 fully saturated rings. The number of hydrogen-bond donors (Lipinski definition) is 1. The van der Waals surface area contributed by atoms with Gasteiger partial charge in [-0.2, -0.15) is 5.10 Å². The highest BCUT2D eigenvalue weighted by Crippen LogP contribution is 2.31. The fraction of sp³-hybridized carbons (Fsp3) is 0.435. The van der Waals surface area contributed by atoms with Gasteiger partial charge in [0.05, 0.1) is 23.6 Å². The van der Waals surface area contributed by atoms with Crippen LogP contribution in [0.5, 0.6) is 0 Å². The second kappa shape index (κ2) is 8.42. The highest BCUT2D eigenvalue weighted by Gasteiger charge is 2.30. The number of aromatic amines is 1. The fourth-order valence-electron chi connectivity index (χ4n) is 4.38. The summed E-state index contributed by atoms with van der Waals surface area (Å²) in [6, 6.07) is 6.38. The van der Waals surface area contributed by atoms with Crippen LogP contribution in [0, 0.1) is 19.7 Å². The molecular formula is C23H28FN5O. The third-order valence-electron chi connectivity index (χ3n) is 6.12. The average molecular weight is 410 g/mol. The number of amides is 1. The lowest BCUT2D eigenvalue weighted by Gasteiger charge is -2.34. The third kappa shape index (κ3) is 4.01. The first-order valence-electron chi connectivity index (χ1n) is 10.5. The Bertz CT molecular complexity index is 1050. The number of nitrogens with zero attached hydrogens (tertiary/aromatic N) is 4. The van der Waals surface area contributed by atoms with Gasteiger partial charge in [-0.15, -0.1) is 0 Å². The van der Waals surface area contributed by atoms with Gasteiger partial charge in [-0.3, -0.25) is 9.48 Å². The fourth-order valence-corrected chi connectivity index (χ4v) is 4.38. The first-order valence-corrected chi connectivity index (χ1v) is 10.5. The van der Waals surface area contributed by atoms with Crippen LogP contribution >= 0.6 is 0 Å². The molecule has 6 nitrogen and oxygen atoms in total. The van der Waals surface area contributed by atoms with Crippen molar-refractivity contribution < 1.29 is 9.18 Å². The topological polar surface area (TPSA) is 66.8 Å². The van der Waals surface area contributed by atoms with Crippen molar-refractivity contribution in [3.05, 3.63) is 59.1 Å². The van der Waals surface area contributed by atoms with Gasteiger partial charge in [0.1, 0.15) is 11.6 Å². The number of benzene rings is 1. The maximum Gasteiger partial charge on any atom is 0.223 e. The molecule has 0 aliphatic carbocycles. The molecule has 1 N–H and O–H groups in total. The van der Waals surface area contributed by atoms with Gasteiger partial charge in [-0.05, 0) is 57.2 Å². The molecule has 0 bridgehead atoms. The molecule has 1 saturated heterocycles. The van der Waals surface area contributed by atoms with Crippen LogP contribution in [0.15, 0.2) is 30.5 Å². The standard InChI is InChI=1S/C23H28FN5O/c1-15-19(16(2)28(3)27-15)10-11-22(30)29-12-5-4-9-21(29)23-25-14-20(26-23)17-7-6-8-18(24)13-17/h6-8,13-14,21H,4-5,9-12H2,1-3H3,(H,25,26)/t21-/m1/s1. The minimum absolute atomic E-state index is 0.0651. The number of likely N-dealkylation sites (tertiary alicyclic amines) is 1. The van der Waals surface area contributed by atoms with Gasteiger partial charge in [0, 0.05) is 31.3 Å². The van der Waals surface area contributed by atoms with Crippen molar-refractivity contribution in [1.29, 1.82) is 0 Å². The number of H-pyrrole nitrogens is 1. The van der Waals surface area contributed by atoms with Crippen LogP contribution in [0.4, 0.5) is 4.39 Å². The van der Waals surface area contributed by atoms with E-state index in [-0.39, 0.29) is 17.8 Å². The van der Waals surface area contributed by atoms with Crippen LogP contribution in [0.2, 0.25) is 0 Å². The molecule has 1 amide bonds. The number of piperidine rings is 1. The molecule has 2 aromatic heterocycles. The zero-order valence-corrected chi connectivity index (χ0v) is 17.8. The zero-order chi connectivity index (χ0) is 21.3. The summed E-state index contributed by atoms with van der Waals surface area (Å²) in [6.07, 6.45) is 5.83. The molecule has 0 unspecified atom stereocenters. The van der Waals surface area contributed by atoms with Gasteiger partial charge in [-0.1, -0.05) is 12.1 Å². The first-order chi connectivity index (χ1) is 14.4. The van der Waals surface area contributed by atoms with Crippen molar-refractivity contribution in [3.8, 4) is 11.3 Å². The molecule has 1 aromatic carbocycles. The SMILES string of the molecule is Cc1nn(C)c(C)c1CCC(=O)N1CCCC[C@@H]1c1ncc(-c2cccc(F)c2)[nH]1. The van der Waals surface area contributed by atoms with E-state index in [9.17, 15) is 9.18 Å². The summed E-state index contributed by atoms with van der Waals surface area (Å²) in [7, 11) is 1.93. The first kappa shape index (κ1) is 20.3. The van der Waals surface area contributed by atoms with E-state index in [2.05, 4.69) is 15.1 Å². The third-order valence-corrected chi connectivity index (χ3v) is 6.12. The zero-order valence-electron chi connectivity index (χ0n) is 17.8.